The highest BCUT2D eigenvalue weighted by Gasteiger charge is 2.28. The van der Waals surface area contributed by atoms with Crippen LogP contribution in [0.25, 0.3) is 0 Å². The van der Waals surface area contributed by atoms with E-state index in [4.69, 9.17) is 4.74 Å². The lowest BCUT2D eigenvalue weighted by Gasteiger charge is -2.30. The van der Waals surface area contributed by atoms with Gasteiger partial charge in [0.25, 0.3) is 0 Å². The highest BCUT2D eigenvalue weighted by Crippen LogP contribution is 2.29. The van der Waals surface area contributed by atoms with Gasteiger partial charge in [0.15, 0.2) is 0 Å². The van der Waals surface area contributed by atoms with E-state index >= 15 is 0 Å². The summed E-state index contributed by atoms with van der Waals surface area (Å²) in [7, 11) is 1.62. The zero-order valence-electron chi connectivity index (χ0n) is 20.2. The van der Waals surface area contributed by atoms with Crippen LogP contribution in [-0.2, 0) is 16.1 Å². The van der Waals surface area contributed by atoms with Gasteiger partial charge in [-0.3, -0.25) is 9.59 Å². The van der Waals surface area contributed by atoms with Crippen molar-refractivity contribution in [3.8, 4) is 5.75 Å². The molecule has 5 nitrogen and oxygen atoms in total. The zero-order chi connectivity index (χ0) is 24.3. The Labute approximate surface area is 202 Å². The Kier molecular flexibility index (Phi) is 9.27. The number of nitrogens with zero attached hydrogens (tertiary/aromatic N) is 1. The molecule has 3 aromatic rings. The molecule has 1 atom stereocenters. The highest BCUT2D eigenvalue weighted by atomic mass is 16.5. The van der Waals surface area contributed by atoms with Crippen LogP contribution in [-0.4, -0.2) is 36.4 Å². The van der Waals surface area contributed by atoms with Gasteiger partial charge in [0, 0.05) is 25.4 Å². The molecule has 0 fully saturated rings. The number of hydrogen-bond donors (Lipinski definition) is 1. The fraction of sp³-hybridized carbons (Fsp3) is 0.310. The van der Waals surface area contributed by atoms with Crippen molar-refractivity contribution in [3.05, 3.63) is 102 Å². The van der Waals surface area contributed by atoms with Gasteiger partial charge in [-0.1, -0.05) is 79.7 Å². The number of methoxy groups -OCH3 is 1. The molecule has 34 heavy (non-hydrogen) atoms. The summed E-state index contributed by atoms with van der Waals surface area (Å²) >= 11 is 0. The summed E-state index contributed by atoms with van der Waals surface area (Å²) in [5.41, 5.74) is 3.10. The summed E-state index contributed by atoms with van der Waals surface area (Å²) in [6, 6.07) is 27.1. The van der Waals surface area contributed by atoms with Crippen LogP contribution in [0, 0.1) is 0 Å². The molecule has 0 unspecified atom stereocenters. The van der Waals surface area contributed by atoms with E-state index in [9.17, 15) is 9.59 Å². The zero-order valence-corrected chi connectivity index (χ0v) is 20.2. The van der Waals surface area contributed by atoms with Crippen LogP contribution in [0.15, 0.2) is 84.9 Å². The number of hydrogen-bond acceptors (Lipinski definition) is 3. The molecule has 0 aromatic heterocycles. The van der Waals surface area contributed by atoms with E-state index < -0.39 is 6.04 Å². The molecule has 3 aromatic carbocycles. The number of carbonyl (C=O) groups is 2. The Hall–Kier alpha value is -3.60. The van der Waals surface area contributed by atoms with Crippen molar-refractivity contribution in [1.29, 1.82) is 0 Å². The van der Waals surface area contributed by atoms with Crippen LogP contribution >= 0.6 is 0 Å². The summed E-state index contributed by atoms with van der Waals surface area (Å²) < 4.78 is 5.26. The Morgan fingerprint density at radius 1 is 0.882 bits per heavy atom. The summed E-state index contributed by atoms with van der Waals surface area (Å²) in [6.45, 7) is 4.74. The van der Waals surface area contributed by atoms with Crippen molar-refractivity contribution in [1.82, 2.24) is 10.2 Å². The maximum absolute atomic E-state index is 13.8. The largest absolute Gasteiger partial charge is 0.497 e. The first kappa shape index (κ1) is 25.0. The van der Waals surface area contributed by atoms with E-state index in [2.05, 4.69) is 29.6 Å². The highest BCUT2D eigenvalue weighted by molar-refractivity contribution is 5.87. The van der Waals surface area contributed by atoms with Gasteiger partial charge in [-0.2, -0.15) is 0 Å². The van der Waals surface area contributed by atoms with Crippen LogP contribution in [0.3, 0.4) is 0 Å². The molecule has 0 spiro atoms. The van der Waals surface area contributed by atoms with Crippen molar-refractivity contribution < 1.29 is 14.3 Å². The standard InChI is InChI=1S/C29H34N2O3/c1-4-19-30-29(33)22(2)31(21-23-15-17-26(34-3)18-16-23)28(32)20-27(24-11-7-5-8-12-24)25-13-9-6-10-14-25/h5-18,22,27H,4,19-21H2,1-3H3,(H,30,33)/t22-/m0/s1. The van der Waals surface area contributed by atoms with Crippen LogP contribution in [0.1, 0.15) is 49.3 Å². The van der Waals surface area contributed by atoms with E-state index in [1.54, 1.807) is 18.9 Å². The molecular weight excluding hydrogens is 424 g/mol. The van der Waals surface area contributed by atoms with Gasteiger partial charge < -0.3 is 15.0 Å². The minimum Gasteiger partial charge on any atom is -0.497 e. The third kappa shape index (κ3) is 6.70. The first-order valence-corrected chi connectivity index (χ1v) is 11.8. The topological polar surface area (TPSA) is 58.6 Å². The number of rotatable bonds is 11. The fourth-order valence-corrected chi connectivity index (χ4v) is 4.00. The fourth-order valence-electron chi connectivity index (χ4n) is 4.00. The lowest BCUT2D eigenvalue weighted by molar-refractivity contribution is -0.140. The Morgan fingerprint density at radius 2 is 1.44 bits per heavy atom. The number of ether oxygens (including phenoxy) is 1. The predicted octanol–water partition coefficient (Wildman–Crippen LogP) is 5.16. The molecule has 0 saturated carbocycles. The van der Waals surface area contributed by atoms with Crippen molar-refractivity contribution in [3.63, 3.8) is 0 Å². The summed E-state index contributed by atoms with van der Waals surface area (Å²) in [5, 5.41) is 2.94. The normalized spacial score (nSPS) is 11.6. The molecule has 0 bridgehead atoms. The van der Waals surface area contributed by atoms with E-state index in [1.807, 2.05) is 67.6 Å². The third-order valence-electron chi connectivity index (χ3n) is 6.01. The van der Waals surface area contributed by atoms with Gasteiger partial charge >= 0.3 is 0 Å². The van der Waals surface area contributed by atoms with E-state index in [0.717, 1.165) is 28.9 Å². The minimum absolute atomic E-state index is 0.0623. The van der Waals surface area contributed by atoms with Gasteiger partial charge in [0.2, 0.25) is 11.8 Å². The minimum atomic E-state index is -0.589. The number of carbonyl (C=O) groups excluding carboxylic acids is 2. The third-order valence-corrected chi connectivity index (χ3v) is 6.01. The maximum Gasteiger partial charge on any atom is 0.242 e. The molecule has 1 N–H and O–H groups in total. The second kappa shape index (κ2) is 12.6. The van der Waals surface area contributed by atoms with Gasteiger partial charge in [0.1, 0.15) is 11.8 Å². The molecular formula is C29H34N2O3. The Bertz CT molecular complexity index is 996. The molecule has 0 radical (unpaired) electrons. The summed E-state index contributed by atoms with van der Waals surface area (Å²) in [4.78, 5) is 28.3. The molecule has 0 aliphatic rings. The average molecular weight is 459 g/mol. The van der Waals surface area contributed by atoms with Crippen molar-refractivity contribution in [2.45, 2.75) is 45.2 Å². The van der Waals surface area contributed by atoms with Gasteiger partial charge in [-0.15, -0.1) is 0 Å². The monoisotopic (exact) mass is 458 g/mol. The average Bonchev–Trinajstić information content (AvgIpc) is 2.89. The van der Waals surface area contributed by atoms with Crippen molar-refractivity contribution in [2.24, 2.45) is 0 Å². The molecule has 3 rings (SSSR count). The first-order valence-electron chi connectivity index (χ1n) is 11.8. The SMILES string of the molecule is CCCNC(=O)[C@H](C)N(Cc1ccc(OC)cc1)C(=O)CC(c1ccccc1)c1ccccc1. The smallest absolute Gasteiger partial charge is 0.242 e. The van der Waals surface area contributed by atoms with Crippen LogP contribution in [0.2, 0.25) is 0 Å². The second-order valence-electron chi connectivity index (χ2n) is 8.41. The van der Waals surface area contributed by atoms with E-state index in [1.165, 1.54) is 0 Å². The molecule has 0 saturated heterocycles. The van der Waals surface area contributed by atoms with Gasteiger partial charge in [0.05, 0.1) is 7.11 Å². The second-order valence-corrected chi connectivity index (χ2v) is 8.41. The molecule has 0 aliphatic carbocycles. The number of benzene rings is 3. The number of amides is 2. The number of nitrogens with one attached hydrogen (secondary N) is 1. The quantitative estimate of drug-likeness (QED) is 0.432. The van der Waals surface area contributed by atoms with E-state index in [0.29, 0.717) is 13.1 Å². The predicted molar refractivity (Wildman–Crippen MR) is 136 cm³/mol. The van der Waals surface area contributed by atoms with Crippen molar-refractivity contribution in [2.75, 3.05) is 13.7 Å². The van der Waals surface area contributed by atoms with Crippen molar-refractivity contribution >= 4 is 11.8 Å². The Balaban J connectivity index is 1.89. The first-order chi connectivity index (χ1) is 16.5. The van der Waals surface area contributed by atoms with Gasteiger partial charge in [-0.25, -0.2) is 0 Å². The van der Waals surface area contributed by atoms with Gasteiger partial charge in [-0.05, 0) is 42.2 Å². The van der Waals surface area contributed by atoms with Crippen LogP contribution < -0.4 is 10.1 Å². The lowest BCUT2D eigenvalue weighted by Crippen LogP contribution is -2.48. The molecule has 178 valence electrons. The molecule has 0 aliphatic heterocycles. The molecule has 2 amide bonds. The summed E-state index contributed by atoms with van der Waals surface area (Å²) in [6.07, 6.45) is 1.12. The molecule has 0 heterocycles. The van der Waals surface area contributed by atoms with Crippen LogP contribution in [0.4, 0.5) is 0 Å². The van der Waals surface area contributed by atoms with E-state index in [-0.39, 0.29) is 24.2 Å². The van der Waals surface area contributed by atoms with Crippen LogP contribution in [0.5, 0.6) is 5.75 Å². The lowest BCUT2D eigenvalue weighted by atomic mass is 9.88. The Morgan fingerprint density at radius 3 is 1.94 bits per heavy atom. The summed E-state index contributed by atoms with van der Waals surface area (Å²) in [5.74, 6) is 0.454. The molecule has 5 heteroatoms. The maximum atomic E-state index is 13.8.